The first-order valence-corrected chi connectivity index (χ1v) is 7.67. The number of benzene rings is 1. The monoisotopic (exact) mass is 297 g/mol. The van der Waals surface area contributed by atoms with E-state index in [1.807, 2.05) is 0 Å². The van der Waals surface area contributed by atoms with E-state index in [1.54, 1.807) is 24.3 Å². The van der Waals surface area contributed by atoms with Crippen molar-refractivity contribution in [3.8, 4) is 5.75 Å². The minimum absolute atomic E-state index is 0.295. The van der Waals surface area contributed by atoms with Crippen LogP contribution >= 0.6 is 11.6 Å². The smallest absolute Gasteiger partial charge is 0.119 e. The molecule has 20 heavy (non-hydrogen) atoms. The van der Waals surface area contributed by atoms with Gasteiger partial charge < -0.3 is 15.2 Å². The molecule has 1 unspecified atom stereocenters. The van der Waals surface area contributed by atoms with Gasteiger partial charge in [0.1, 0.15) is 18.5 Å². The van der Waals surface area contributed by atoms with Crippen molar-refractivity contribution in [3.63, 3.8) is 0 Å². The Hall–Kier alpha value is -0.770. The molecule has 4 heteroatoms. The third-order valence-corrected chi connectivity index (χ3v) is 4.48. The molecular weight excluding hydrogens is 274 g/mol. The normalized spacial score (nSPS) is 18.1. The zero-order valence-electron chi connectivity index (χ0n) is 12.2. The number of nitrogens with one attached hydrogen (secondary N) is 1. The van der Waals surface area contributed by atoms with Crippen LogP contribution in [-0.4, -0.2) is 30.9 Å². The average Bonchev–Trinajstić information content (AvgIpc) is 3.19. The molecule has 112 valence electrons. The summed E-state index contributed by atoms with van der Waals surface area (Å²) in [5.41, 5.74) is 0.469. The van der Waals surface area contributed by atoms with Crippen molar-refractivity contribution in [1.82, 2.24) is 5.32 Å². The number of hydrogen-bond donors (Lipinski definition) is 2. The van der Waals surface area contributed by atoms with Crippen LogP contribution in [0.1, 0.15) is 26.7 Å². The van der Waals surface area contributed by atoms with Gasteiger partial charge in [-0.25, -0.2) is 0 Å². The molecule has 1 aromatic carbocycles. The highest BCUT2D eigenvalue weighted by atomic mass is 35.5. The molecule has 0 aliphatic heterocycles. The lowest BCUT2D eigenvalue weighted by Gasteiger charge is -2.21. The maximum absolute atomic E-state index is 9.91. The summed E-state index contributed by atoms with van der Waals surface area (Å²) in [6.45, 7) is 6.40. The molecule has 1 fully saturated rings. The highest BCUT2D eigenvalue weighted by Crippen LogP contribution is 2.51. The number of rotatable bonds is 8. The van der Waals surface area contributed by atoms with Crippen molar-refractivity contribution in [2.75, 3.05) is 19.7 Å². The lowest BCUT2D eigenvalue weighted by atomic mass is 9.92. The molecule has 0 bridgehead atoms. The van der Waals surface area contributed by atoms with E-state index in [1.165, 1.54) is 12.8 Å². The van der Waals surface area contributed by atoms with E-state index in [0.717, 1.165) is 12.3 Å². The lowest BCUT2D eigenvalue weighted by molar-refractivity contribution is 0.104. The van der Waals surface area contributed by atoms with Gasteiger partial charge in [-0.05, 0) is 48.4 Å². The molecule has 0 radical (unpaired) electrons. The largest absolute Gasteiger partial charge is 0.491 e. The Bertz CT molecular complexity index is 415. The molecule has 3 nitrogen and oxygen atoms in total. The van der Waals surface area contributed by atoms with Gasteiger partial charge in [-0.2, -0.15) is 0 Å². The molecule has 0 heterocycles. The molecule has 0 spiro atoms. The fourth-order valence-electron chi connectivity index (χ4n) is 2.39. The van der Waals surface area contributed by atoms with Gasteiger partial charge >= 0.3 is 0 Å². The van der Waals surface area contributed by atoms with Gasteiger partial charge in [-0.3, -0.25) is 0 Å². The Morgan fingerprint density at radius 1 is 1.30 bits per heavy atom. The fourth-order valence-corrected chi connectivity index (χ4v) is 2.51. The van der Waals surface area contributed by atoms with E-state index >= 15 is 0 Å². The Labute approximate surface area is 126 Å². The van der Waals surface area contributed by atoms with Crippen LogP contribution < -0.4 is 10.1 Å². The van der Waals surface area contributed by atoms with Crippen molar-refractivity contribution in [2.24, 2.45) is 11.3 Å². The van der Waals surface area contributed by atoms with E-state index in [-0.39, 0.29) is 0 Å². The van der Waals surface area contributed by atoms with Gasteiger partial charge in [-0.1, -0.05) is 25.4 Å². The van der Waals surface area contributed by atoms with Crippen LogP contribution in [0.15, 0.2) is 24.3 Å². The lowest BCUT2D eigenvalue weighted by Crippen LogP contribution is -2.36. The number of aliphatic hydroxyl groups is 1. The predicted octanol–water partition coefficient (Wildman–Crippen LogP) is 3.11. The second-order valence-electron chi connectivity index (χ2n) is 6.07. The van der Waals surface area contributed by atoms with Crippen LogP contribution in [0, 0.1) is 11.3 Å². The molecular formula is C16H24ClNO2. The maximum atomic E-state index is 9.91. The Kier molecular flexibility index (Phi) is 5.30. The Balaban J connectivity index is 1.63. The molecule has 1 atom stereocenters. The predicted molar refractivity (Wildman–Crippen MR) is 82.3 cm³/mol. The van der Waals surface area contributed by atoms with Crippen LogP contribution in [0.2, 0.25) is 5.02 Å². The van der Waals surface area contributed by atoms with Crippen molar-refractivity contribution in [2.45, 2.75) is 32.8 Å². The zero-order chi connectivity index (χ0) is 14.6. The number of halogens is 1. The Morgan fingerprint density at radius 2 is 1.95 bits per heavy atom. The van der Waals surface area contributed by atoms with E-state index in [0.29, 0.717) is 29.5 Å². The standard InChI is InChI=1S/C16H24ClNO2/c1-12(2)16(7-8-16)11-18-9-14(19)10-20-15-5-3-13(17)4-6-15/h3-6,12,14,18-19H,7-11H2,1-2H3. The third-order valence-electron chi connectivity index (χ3n) is 4.23. The van der Waals surface area contributed by atoms with Gasteiger partial charge in [0.25, 0.3) is 0 Å². The fraction of sp³-hybridized carbons (Fsp3) is 0.625. The van der Waals surface area contributed by atoms with Gasteiger partial charge in [-0.15, -0.1) is 0 Å². The molecule has 2 rings (SSSR count). The highest BCUT2D eigenvalue weighted by molar-refractivity contribution is 6.30. The SMILES string of the molecule is CC(C)C1(CNCC(O)COc2ccc(Cl)cc2)CC1. The van der Waals surface area contributed by atoms with Gasteiger partial charge in [0.2, 0.25) is 0 Å². The molecule has 1 aromatic rings. The first-order chi connectivity index (χ1) is 9.52. The number of hydrogen-bond acceptors (Lipinski definition) is 3. The second kappa shape index (κ2) is 6.79. The van der Waals surface area contributed by atoms with Crippen LogP contribution in [0.4, 0.5) is 0 Å². The van der Waals surface area contributed by atoms with Gasteiger partial charge in [0.15, 0.2) is 0 Å². The molecule has 1 aliphatic rings. The maximum Gasteiger partial charge on any atom is 0.119 e. The topological polar surface area (TPSA) is 41.5 Å². The van der Waals surface area contributed by atoms with Crippen molar-refractivity contribution < 1.29 is 9.84 Å². The summed E-state index contributed by atoms with van der Waals surface area (Å²) >= 11 is 5.80. The first-order valence-electron chi connectivity index (χ1n) is 7.29. The average molecular weight is 298 g/mol. The highest BCUT2D eigenvalue weighted by Gasteiger charge is 2.44. The summed E-state index contributed by atoms with van der Waals surface area (Å²) in [6, 6.07) is 7.17. The van der Waals surface area contributed by atoms with Crippen LogP contribution in [0.25, 0.3) is 0 Å². The van der Waals surface area contributed by atoms with E-state index in [9.17, 15) is 5.11 Å². The summed E-state index contributed by atoms with van der Waals surface area (Å²) in [5, 5.41) is 14.0. The minimum Gasteiger partial charge on any atom is -0.491 e. The molecule has 0 amide bonds. The van der Waals surface area contributed by atoms with E-state index in [2.05, 4.69) is 19.2 Å². The van der Waals surface area contributed by atoms with Crippen molar-refractivity contribution in [1.29, 1.82) is 0 Å². The van der Waals surface area contributed by atoms with Crippen LogP contribution in [0.3, 0.4) is 0 Å². The summed E-state index contributed by atoms with van der Waals surface area (Å²) < 4.78 is 5.52. The molecule has 0 saturated heterocycles. The third kappa shape index (κ3) is 4.37. The number of aliphatic hydroxyl groups excluding tert-OH is 1. The first kappa shape index (κ1) is 15.6. The number of ether oxygens (including phenoxy) is 1. The zero-order valence-corrected chi connectivity index (χ0v) is 13.0. The van der Waals surface area contributed by atoms with Crippen LogP contribution in [0.5, 0.6) is 5.75 Å². The Morgan fingerprint density at radius 3 is 2.50 bits per heavy atom. The summed E-state index contributed by atoms with van der Waals surface area (Å²) in [4.78, 5) is 0. The van der Waals surface area contributed by atoms with E-state index < -0.39 is 6.10 Å². The summed E-state index contributed by atoms with van der Waals surface area (Å²) in [7, 11) is 0. The molecule has 1 aliphatic carbocycles. The quantitative estimate of drug-likeness (QED) is 0.775. The minimum atomic E-state index is -0.492. The molecule has 1 saturated carbocycles. The van der Waals surface area contributed by atoms with Gasteiger partial charge in [0, 0.05) is 18.1 Å². The van der Waals surface area contributed by atoms with E-state index in [4.69, 9.17) is 16.3 Å². The second-order valence-corrected chi connectivity index (χ2v) is 6.50. The van der Waals surface area contributed by atoms with Crippen molar-refractivity contribution >= 4 is 11.6 Å². The van der Waals surface area contributed by atoms with Crippen molar-refractivity contribution in [3.05, 3.63) is 29.3 Å². The molecule has 0 aromatic heterocycles. The summed E-state index contributed by atoms with van der Waals surface area (Å²) in [5.74, 6) is 1.44. The summed E-state index contributed by atoms with van der Waals surface area (Å²) in [6.07, 6.45) is 2.11. The molecule has 2 N–H and O–H groups in total. The van der Waals surface area contributed by atoms with Crippen LogP contribution in [-0.2, 0) is 0 Å². The van der Waals surface area contributed by atoms with Gasteiger partial charge in [0.05, 0.1) is 0 Å².